The van der Waals surface area contributed by atoms with Gasteiger partial charge >= 0.3 is 119 Å². The summed E-state index contributed by atoms with van der Waals surface area (Å²) in [4.78, 5) is 0. The Bertz CT molecular complexity index is 2370. The average molecular weight is 908 g/mol. The monoisotopic (exact) mass is 909 g/mol. The number of hydrogen-bond donors (Lipinski definition) is 0. The summed E-state index contributed by atoms with van der Waals surface area (Å²) in [7, 11) is 8.48. The summed E-state index contributed by atoms with van der Waals surface area (Å²) in [6.07, 6.45) is 8.97. The number of aryl methyl sites for hydroxylation is 2. The third-order valence-electron chi connectivity index (χ3n) is 10.1. The predicted molar refractivity (Wildman–Crippen MR) is 212 cm³/mol. The Morgan fingerprint density at radius 2 is 1.41 bits per heavy atom. The number of benzene rings is 4. The van der Waals surface area contributed by atoms with Gasteiger partial charge in [0, 0.05) is 37.9 Å². The maximum absolute atomic E-state index is 6.55. The maximum Gasteiger partial charge on any atom is 0 e. The minimum atomic E-state index is -1.83. The molecule has 3 nitrogen and oxygen atoms in total. The van der Waals surface area contributed by atoms with Crippen LogP contribution in [0.2, 0.25) is 17.3 Å². The van der Waals surface area contributed by atoms with Crippen LogP contribution in [-0.4, -0.2) is 13.3 Å². The molecule has 7 aromatic rings. The van der Waals surface area contributed by atoms with Crippen molar-refractivity contribution >= 4 is 39.6 Å². The fourth-order valence-corrected chi connectivity index (χ4v) is 11.3. The van der Waals surface area contributed by atoms with Gasteiger partial charge < -0.3 is 8.98 Å². The SMILES string of the molecule is [CH2-]c1ccc2c(oc3cc(-c4ccccc4)ccc32)c1-c1c2c(cc[n+]1[CH2-])CCCC2.[CH2-]c1ccccc1-c1cc(C)[c]([Ge]([CH3])([CH3])[CH3])c[n+]1[CH2-].[Ir]. The number of rotatable bonds is 4. The maximum atomic E-state index is 6.55. The van der Waals surface area contributed by atoms with E-state index in [2.05, 4.69) is 143 Å². The first-order valence-electron chi connectivity index (χ1n) is 17.5. The second kappa shape index (κ2) is 14.7. The van der Waals surface area contributed by atoms with E-state index in [1.54, 1.807) is 0 Å². The number of fused-ring (bicyclic) bond motifs is 4. The zero-order chi connectivity index (χ0) is 35.2. The topological polar surface area (TPSA) is 20.9 Å². The molecule has 0 spiro atoms. The molecule has 0 saturated carbocycles. The van der Waals surface area contributed by atoms with Gasteiger partial charge in [-0.05, 0) is 54.5 Å². The number of hydrogen-bond acceptors (Lipinski definition) is 1. The van der Waals surface area contributed by atoms with Crippen molar-refractivity contribution in [3.8, 4) is 33.6 Å². The van der Waals surface area contributed by atoms with E-state index in [1.807, 2.05) is 27.3 Å². The zero-order valence-corrected chi connectivity index (χ0v) is 34.7. The van der Waals surface area contributed by atoms with Gasteiger partial charge in [-0.3, -0.25) is 0 Å². The number of furan rings is 1. The van der Waals surface area contributed by atoms with Gasteiger partial charge in [0.15, 0.2) is 0 Å². The fourth-order valence-electron chi connectivity index (χ4n) is 7.54. The summed E-state index contributed by atoms with van der Waals surface area (Å²) < 4.78 is 12.1. The Labute approximate surface area is 320 Å². The molecule has 0 saturated heterocycles. The van der Waals surface area contributed by atoms with Crippen LogP contribution in [0.1, 0.15) is 40.7 Å². The van der Waals surface area contributed by atoms with Gasteiger partial charge in [-0.15, -0.1) is 6.07 Å². The molecular weight excluding hydrogens is 861 g/mol. The number of nitrogens with zero attached hydrogens (tertiary/aromatic N) is 2. The minimum absolute atomic E-state index is 0. The summed E-state index contributed by atoms with van der Waals surface area (Å²) in [6.45, 7) is 10.7. The van der Waals surface area contributed by atoms with Gasteiger partial charge in [-0.25, -0.2) is 0 Å². The molecule has 8 rings (SSSR count). The van der Waals surface area contributed by atoms with Crippen molar-refractivity contribution in [1.82, 2.24) is 0 Å². The summed E-state index contributed by atoms with van der Waals surface area (Å²) in [5, 5.41) is 2.27. The molecule has 0 unspecified atom stereocenters. The Hall–Kier alpha value is -4.35. The van der Waals surface area contributed by atoms with Gasteiger partial charge in [-0.2, -0.15) is 18.6 Å². The van der Waals surface area contributed by atoms with E-state index in [4.69, 9.17) is 4.42 Å². The van der Waals surface area contributed by atoms with E-state index in [1.165, 1.54) is 39.5 Å². The second-order valence-corrected chi connectivity index (χ2v) is 25.2. The van der Waals surface area contributed by atoms with E-state index in [9.17, 15) is 0 Å². The van der Waals surface area contributed by atoms with Crippen molar-refractivity contribution in [3.05, 3.63) is 165 Å². The molecule has 3 heterocycles. The van der Waals surface area contributed by atoms with E-state index >= 15 is 0 Å². The first-order chi connectivity index (χ1) is 24.0. The van der Waals surface area contributed by atoms with Crippen LogP contribution < -0.4 is 13.5 Å². The van der Waals surface area contributed by atoms with Crippen molar-refractivity contribution in [2.24, 2.45) is 0 Å². The summed E-state index contributed by atoms with van der Waals surface area (Å²) in [5.74, 6) is 7.24. The molecule has 0 bridgehead atoms. The largest absolute Gasteiger partial charge is 0 e. The van der Waals surface area contributed by atoms with Gasteiger partial charge in [0.2, 0.25) is 0 Å². The Kier molecular flexibility index (Phi) is 10.5. The van der Waals surface area contributed by atoms with Crippen molar-refractivity contribution in [2.75, 3.05) is 0 Å². The molecule has 0 amide bonds. The Morgan fingerprint density at radius 1 is 0.706 bits per heavy atom. The van der Waals surface area contributed by atoms with Crippen LogP contribution in [0, 0.1) is 34.9 Å². The molecule has 5 heteroatoms. The first kappa shape index (κ1) is 36.4. The fraction of sp³-hybridized carbons (Fsp3) is 0.174. The third-order valence-corrected chi connectivity index (χ3v) is 14.6. The van der Waals surface area contributed by atoms with E-state index in [0.717, 1.165) is 74.0 Å². The third kappa shape index (κ3) is 7.10. The van der Waals surface area contributed by atoms with Gasteiger partial charge in [0.25, 0.3) is 0 Å². The van der Waals surface area contributed by atoms with Crippen LogP contribution in [0.3, 0.4) is 0 Å². The molecule has 1 aliphatic carbocycles. The van der Waals surface area contributed by atoms with Crippen LogP contribution >= 0.6 is 0 Å². The molecule has 4 aromatic carbocycles. The van der Waals surface area contributed by atoms with Crippen LogP contribution in [0.15, 0.2) is 114 Å². The van der Waals surface area contributed by atoms with Crippen LogP contribution in [-0.2, 0) is 32.9 Å². The van der Waals surface area contributed by atoms with Crippen molar-refractivity contribution in [1.29, 1.82) is 0 Å². The minimum Gasteiger partial charge on any atom is 0 e. The van der Waals surface area contributed by atoms with E-state index < -0.39 is 13.3 Å². The molecule has 0 aliphatic heterocycles. The Morgan fingerprint density at radius 3 is 2.16 bits per heavy atom. The molecule has 0 atom stereocenters. The normalized spacial score (nSPS) is 12.5. The second-order valence-electron chi connectivity index (χ2n) is 14.6. The zero-order valence-electron chi connectivity index (χ0n) is 30.2. The molecule has 0 N–H and O–H groups in total. The quantitative estimate of drug-likeness (QED) is 0.0980. The first-order valence-corrected chi connectivity index (χ1v) is 24.9. The summed E-state index contributed by atoms with van der Waals surface area (Å²) in [5.41, 5.74) is 14.9. The van der Waals surface area contributed by atoms with Crippen molar-refractivity contribution in [3.63, 3.8) is 0 Å². The average Bonchev–Trinajstić information content (AvgIpc) is 3.48. The standard InChI is InChI=1S/C29H24NO.C17H22GeN.Ir/c1-19-12-14-25-24-15-13-22(20-8-4-3-5-9-20)18-26(24)31-29(25)27(19)28-23-11-7-6-10-21(23)16-17-30(28)2;1-13-9-7-8-10-15(13)17-11-14(2)16(12-19(17)6)18(3,4)5;/h3-5,8-9,12-18H,1-2,6-7,10-11H2;7-12H,1,6H2,2-5H3;/q2*-1;. The Balaban J connectivity index is 0.000000194. The molecule has 0 fully saturated rings. The van der Waals surface area contributed by atoms with Gasteiger partial charge in [0.1, 0.15) is 5.58 Å². The molecular formula is C46H46GeIrN2O-2. The summed E-state index contributed by atoms with van der Waals surface area (Å²) in [6, 6.07) is 33.9. The van der Waals surface area contributed by atoms with Gasteiger partial charge in [0.05, 0.1) is 17.5 Å². The van der Waals surface area contributed by atoms with Crippen molar-refractivity contribution < 1.29 is 33.7 Å². The summed E-state index contributed by atoms with van der Waals surface area (Å²) >= 11 is -1.83. The van der Waals surface area contributed by atoms with Gasteiger partial charge in [-0.1, -0.05) is 53.6 Å². The van der Waals surface area contributed by atoms with E-state index in [-0.39, 0.29) is 20.1 Å². The van der Waals surface area contributed by atoms with Crippen LogP contribution in [0.5, 0.6) is 0 Å². The number of aromatic nitrogens is 2. The van der Waals surface area contributed by atoms with Crippen molar-refractivity contribution in [2.45, 2.75) is 49.9 Å². The molecule has 1 radical (unpaired) electrons. The van der Waals surface area contributed by atoms with Crippen LogP contribution in [0.4, 0.5) is 0 Å². The van der Waals surface area contributed by atoms with E-state index in [0.29, 0.717) is 0 Å². The molecule has 3 aromatic heterocycles. The molecule has 51 heavy (non-hydrogen) atoms. The molecule has 1 aliphatic rings. The number of pyridine rings is 2. The predicted octanol–water partition coefficient (Wildman–Crippen LogP) is 10.2. The smallest absolute Gasteiger partial charge is 0 e. The molecule has 261 valence electrons. The van der Waals surface area contributed by atoms with Crippen LogP contribution in [0.25, 0.3) is 55.6 Å².